The van der Waals surface area contributed by atoms with Crippen molar-refractivity contribution in [3.8, 4) is 11.1 Å². The first-order valence-corrected chi connectivity index (χ1v) is 11.9. The molecule has 1 unspecified atom stereocenters. The minimum absolute atomic E-state index is 0.00298. The summed E-state index contributed by atoms with van der Waals surface area (Å²) in [6, 6.07) is 17.1. The van der Waals surface area contributed by atoms with Crippen LogP contribution >= 0.6 is 11.3 Å². The highest BCUT2D eigenvalue weighted by Gasteiger charge is 2.23. The predicted molar refractivity (Wildman–Crippen MR) is 135 cm³/mol. The van der Waals surface area contributed by atoms with Gasteiger partial charge in [0.25, 0.3) is 0 Å². The third-order valence-corrected chi connectivity index (χ3v) is 7.01. The van der Waals surface area contributed by atoms with E-state index in [1.165, 1.54) is 32.7 Å². The van der Waals surface area contributed by atoms with E-state index in [1.807, 2.05) is 54.2 Å². The summed E-state index contributed by atoms with van der Waals surface area (Å²) >= 11 is 1.55. The van der Waals surface area contributed by atoms with Gasteiger partial charge in [0.2, 0.25) is 0 Å². The summed E-state index contributed by atoms with van der Waals surface area (Å²) < 4.78 is 0. The van der Waals surface area contributed by atoms with Crippen LogP contribution in [0.4, 0.5) is 0 Å². The van der Waals surface area contributed by atoms with Gasteiger partial charge in [-0.2, -0.15) is 0 Å². The fraction of sp³-hybridized carbons (Fsp3) is 0.138. The molecular weight excluding hydrogens is 410 g/mol. The van der Waals surface area contributed by atoms with E-state index in [-0.39, 0.29) is 11.7 Å². The third kappa shape index (κ3) is 4.17. The molecule has 6 rings (SSSR count). The number of rotatable bonds is 2. The highest BCUT2D eigenvalue weighted by atomic mass is 32.1. The van der Waals surface area contributed by atoms with E-state index < -0.39 is 0 Å². The maximum absolute atomic E-state index is 12.8. The Morgan fingerprint density at radius 1 is 0.844 bits per heavy atom. The normalized spacial score (nSPS) is 17.2. The molecule has 0 fully saturated rings. The maximum atomic E-state index is 12.8. The summed E-state index contributed by atoms with van der Waals surface area (Å²) in [5, 5.41) is 7.51. The number of aryl methyl sites for hydroxylation is 1. The van der Waals surface area contributed by atoms with Gasteiger partial charge in [0.15, 0.2) is 5.78 Å². The summed E-state index contributed by atoms with van der Waals surface area (Å²) in [6.07, 6.45) is 19.0. The summed E-state index contributed by atoms with van der Waals surface area (Å²) in [4.78, 5) is 13.7. The molecule has 3 aliphatic rings. The quantitative estimate of drug-likeness (QED) is 0.564. The van der Waals surface area contributed by atoms with Gasteiger partial charge < -0.3 is 5.32 Å². The molecule has 1 atom stereocenters. The Hall–Kier alpha value is -3.43. The molecule has 2 nitrogen and oxygen atoms in total. The summed E-state index contributed by atoms with van der Waals surface area (Å²) in [5.74, 6) is 0.276. The Labute approximate surface area is 192 Å². The van der Waals surface area contributed by atoms with Crippen LogP contribution in [0, 0.1) is 5.92 Å². The molecule has 0 spiro atoms. The minimum atomic E-state index is 0.00298. The van der Waals surface area contributed by atoms with Crippen LogP contribution in [0.1, 0.15) is 27.2 Å². The highest BCUT2D eigenvalue weighted by molar-refractivity contribution is 7.12. The van der Waals surface area contributed by atoms with E-state index >= 15 is 0 Å². The van der Waals surface area contributed by atoms with Crippen LogP contribution in [-0.2, 0) is 12.8 Å². The molecule has 2 heterocycles. The smallest absolute Gasteiger partial charge is 0.179 e. The number of hydrogen-bond acceptors (Lipinski definition) is 3. The fourth-order valence-electron chi connectivity index (χ4n) is 4.53. The zero-order chi connectivity index (χ0) is 21.8. The molecule has 2 aliphatic carbocycles. The molecule has 1 N–H and O–H groups in total. The third-order valence-electron chi connectivity index (χ3n) is 6.12. The van der Waals surface area contributed by atoms with Crippen molar-refractivity contribution in [1.29, 1.82) is 0 Å². The largest absolute Gasteiger partial charge is 0.368 e. The van der Waals surface area contributed by atoms with Gasteiger partial charge in [-0.3, -0.25) is 4.79 Å². The molecular formula is C29H25NOS. The van der Waals surface area contributed by atoms with Gasteiger partial charge in [-0.05, 0) is 75.6 Å². The van der Waals surface area contributed by atoms with Crippen LogP contribution < -0.4 is 15.8 Å². The molecule has 0 saturated heterocycles. The standard InChI is InChI=1S/C23H18OS.C6H7N/c24-23(22-6-3-13-25-22)17-8-7-16-10-11-19-18-5-2-1-4-15(18)9-12-20(19)21(16)14-17;1-2-4-6-7-5-3-1/h1-6,10-14,17H,7-9H2;1-7H. The molecule has 0 bridgehead atoms. The number of benzene rings is 2. The van der Waals surface area contributed by atoms with Crippen molar-refractivity contribution in [2.24, 2.45) is 5.92 Å². The zero-order valence-electron chi connectivity index (χ0n) is 17.8. The molecule has 1 aromatic heterocycles. The molecule has 0 radical (unpaired) electrons. The first kappa shape index (κ1) is 20.5. The first-order valence-electron chi connectivity index (χ1n) is 11.1. The second-order valence-electron chi connectivity index (χ2n) is 8.09. The highest BCUT2D eigenvalue weighted by Crippen LogP contribution is 2.26. The minimum Gasteiger partial charge on any atom is -0.368 e. The lowest BCUT2D eigenvalue weighted by Crippen LogP contribution is -2.36. The molecule has 158 valence electrons. The van der Waals surface area contributed by atoms with Gasteiger partial charge in [-0.1, -0.05) is 66.8 Å². The Morgan fingerprint density at radius 2 is 1.69 bits per heavy atom. The van der Waals surface area contributed by atoms with Crippen LogP contribution in [0.3, 0.4) is 0 Å². The molecule has 2 aromatic carbocycles. The molecule has 0 amide bonds. The van der Waals surface area contributed by atoms with Crippen molar-refractivity contribution < 1.29 is 4.79 Å². The molecule has 1 aliphatic heterocycles. The van der Waals surface area contributed by atoms with Crippen molar-refractivity contribution in [3.63, 3.8) is 0 Å². The zero-order valence-corrected chi connectivity index (χ0v) is 18.6. The second-order valence-corrected chi connectivity index (χ2v) is 9.04. The number of thiophene rings is 1. The van der Waals surface area contributed by atoms with E-state index in [0.717, 1.165) is 24.1 Å². The first-order chi connectivity index (χ1) is 15.8. The number of fused-ring (bicyclic) bond motifs is 5. The molecule has 0 saturated carbocycles. The Kier molecular flexibility index (Phi) is 6.00. The number of hydrogen-bond donors (Lipinski definition) is 1. The van der Waals surface area contributed by atoms with Gasteiger partial charge in [0.1, 0.15) is 0 Å². The lowest BCUT2D eigenvalue weighted by Gasteiger charge is -2.21. The Morgan fingerprint density at radius 3 is 2.50 bits per heavy atom. The van der Waals surface area contributed by atoms with Crippen molar-refractivity contribution in [1.82, 2.24) is 5.32 Å². The van der Waals surface area contributed by atoms with E-state index in [4.69, 9.17) is 0 Å². The van der Waals surface area contributed by atoms with Crippen LogP contribution in [0.2, 0.25) is 0 Å². The van der Waals surface area contributed by atoms with Gasteiger partial charge >= 0.3 is 0 Å². The fourth-order valence-corrected chi connectivity index (χ4v) is 5.26. The Balaban J connectivity index is 0.000000265. The topological polar surface area (TPSA) is 29.1 Å². The van der Waals surface area contributed by atoms with Crippen LogP contribution in [-0.4, -0.2) is 5.78 Å². The molecule has 3 heteroatoms. The SMILES string of the molecule is C1=CC=CNC=C1.O=C(c1cccs1)C1C=c2c(ccc3c2=CCc2ccccc2-3)CC1. The van der Waals surface area contributed by atoms with E-state index in [2.05, 4.69) is 53.9 Å². The van der Waals surface area contributed by atoms with Gasteiger partial charge in [-0.15, -0.1) is 11.3 Å². The summed E-state index contributed by atoms with van der Waals surface area (Å²) in [7, 11) is 0. The summed E-state index contributed by atoms with van der Waals surface area (Å²) in [5.41, 5.74) is 5.41. The van der Waals surface area contributed by atoms with E-state index in [1.54, 1.807) is 11.3 Å². The van der Waals surface area contributed by atoms with Gasteiger partial charge in [-0.25, -0.2) is 0 Å². The van der Waals surface area contributed by atoms with Crippen molar-refractivity contribution in [3.05, 3.63) is 117 Å². The van der Waals surface area contributed by atoms with Crippen LogP contribution in [0.5, 0.6) is 0 Å². The lowest BCUT2D eigenvalue weighted by molar-refractivity contribution is 0.0951. The average Bonchev–Trinajstić information content (AvgIpc) is 3.23. The van der Waals surface area contributed by atoms with E-state index in [9.17, 15) is 4.79 Å². The van der Waals surface area contributed by atoms with Gasteiger partial charge in [0.05, 0.1) is 4.88 Å². The van der Waals surface area contributed by atoms with Crippen LogP contribution in [0.25, 0.3) is 23.3 Å². The maximum Gasteiger partial charge on any atom is 0.179 e. The van der Waals surface area contributed by atoms with Crippen molar-refractivity contribution in [2.75, 3.05) is 0 Å². The predicted octanol–water partition coefficient (Wildman–Crippen LogP) is 5.15. The molecule has 32 heavy (non-hydrogen) atoms. The van der Waals surface area contributed by atoms with Crippen LogP contribution in [0.15, 0.2) is 90.6 Å². The average molecular weight is 436 g/mol. The Bertz CT molecular complexity index is 1330. The number of carbonyl (C=O) groups excluding carboxylic acids is 1. The van der Waals surface area contributed by atoms with Gasteiger partial charge in [0, 0.05) is 18.3 Å². The number of carbonyl (C=O) groups is 1. The number of ketones is 1. The van der Waals surface area contributed by atoms with Crippen molar-refractivity contribution in [2.45, 2.75) is 19.3 Å². The second kappa shape index (κ2) is 9.37. The summed E-state index contributed by atoms with van der Waals surface area (Å²) in [6.45, 7) is 0. The molecule has 3 aromatic rings. The number of Topliss-reactive ketones (excluding diaryl/α,β-unsaturated/α-hetero) is 1. The monoisotopic (exact) mass is 435 g/mol. The van der Waals surface area contributed by atoms with Crippen molar-refractivity contribution >= 4 is 29.3 Å². The van der Waals surface area contributed by atoms with E-state index in [0.29, 0.717) is 0 Å². The number of nitrogens with one attached hydrogen (secondary N) is 1. The lowest BCUT2D eigenvalue weighted by atomic mass is 9.83. The number of allylic oxidation sites excluding steroid dienone is 4.